The molecule has 318 valence electrons. The largest absolute Gasteiger partial charge is 0.475 e. The van der Waals surface area contributed by atoms with Crippen LogP contribution < -0.4 is 43.4 Å². The van der Waals surface area contributed by atoms with Crippen LogP contribution in [0, 0.1) is 0 Å². The third-order valence-electron chi connectivity index (χ3n) is 9.16. The molecule has 13 N–H and O–H groups in total. The average molecular weight is 811 g/mol. The summed E-state index contributed by atoms with van der Waals surface area (Å²) in [5, 5.41) is 43.5. The lowest BCUT2D eigenvalue weighted by Crippen LogP contribution is -2.60. The van der Waals surface area contributed by atoms with E-state index in [-0.39, 0.29) is 25.3 Å². The fraction of sp³-hybridized carbons (Fsp3) is 0.513. The van der Waals surface area contributed by atoms with Crippen molar-refractivity contribution >= 4 is 48.5 Å². The molecule has 0 fully saturated rings. The SMILES string of the molecule is CCCCc1ccc(-c2ccc(C(=O)NCCC(=O)N[C@@H](CCCCN)C(=O)N[C@H](C(=O)N[C@@H](C)C(=O)N[C@@H](CC(N)=O)C(=O)N[C@H](C)B(O)O)C(C)O)cc2)cc1. The molecule has 1 unspecified atom stereocenters. The van der Waals surface area contributed by atoms with Gasteiger partial charge in [-0.3, -0.25) is 33.6 Å². The number of aliphatic hydroxyl groups excluding tert-OH is 1. The zero-order valence-corrected chi connectivity index (χ0v) is 33.6. The number of hydrogen-bond acceptors (Lipinski definition) is 11. The normalized spacial score (nSPS) is 14.0. The first-order valence-electron chi connectivity index (χ1n) is 19.5. The van der Waals surface area contributed by atoms with Crippen LogP contribution in [0.2, 0.25) is 0 Å². The van der Waals surface area contributed by atoms with E-state index >= 15 is 0 Å². The second-order valence-corrected chi connectivity index (χ2v) is 14.2. The van der Waals surface area contributed by atoms with Crippen molar-refractivity contribution in [2.75, 3.05) is 13.1 Å². The van der Waals surface area contributed by atoms with Gasteiger partial charge in [0.2, 0.25) is 35.4 Å². The zero-order valence-electron chi connectivity index (χ0n) is 33.6. The summed E-state index contributed by atoms with van der Waals surface area (Å²) in [5.74, 6) is -6.74. The van der Waals surface area contributed by atoms with E-state index in [0.29, 0.717) is 24.9 Å². The Morgan fingerprint density at radius 1 is 0.724 bits per heavy atom. The predicted molar refractivity (Wildman–Crippen MR) is 217 cm³/mol. The molecule has 19 heteroatoms. The standard InChI is InChI=1S/C39H59BN8O10/c1-5-6-9-26-11-13-27(14-12-26)28-15-17-29(18-16-28)36(53)43-21-19-33(51)46-30(10-7-8-20-41)37(54)48-34(24(3)49)39(56)44-23(2)35(52)47-31(22-32(42)50)38(55)45-25(4)40(57)58/h11-18,23-25,30-31,34,49,57-58H,5-10,19-22,41H2,1-4H3,(H2,42,50)(H,43,53)(H,44,56)(H,45,55)(H,46,51)(H,47,52)(H,48,54)/t23-,24?,25+,30-,31-,34-/m0/s1. The van der Waals surface area contributed by atoms with E-state index in [1.807, 2.05) is 12.1 Å². The number of benzene rings is 2. The molecular weight excluding hydrogens is 751 g/mol. The van der Waals surface area contributed by atoms with E-state index in [2.05, 4.69) is 63.1 Å². The number of carbonyl (C=O) groups excluding carboxylic acids is 7. The highest BCUT2D eigenvalue weighted by Crippen LogP contribution is 2.21. The van der Waals surface area contributed by atoms with Gasteiger partial charge in [0, 0.05) is 18.5 Å². The smallest absolute Gasteiger partial charge is 0.426 e. The van der Waals surface area contributed by atoms with Crippen molar-refractivity contribution in [3.05, 3.63) is 59.7 Å². The van der Waals surface area contributed by atoms with Crippen LogP contribution in [0.4, 0.5) is 0 Å². The number of nitrogens with one attached hydrogen (secondary N) is 6. The number of rotatable bonds is 25. The number of primary amides is 1. The molecular formula is C39H59BN8O10. The molecule has 0 bridgehead atoms. The molecule has 0 heterocycles. The molecule has 2 aromatic rings. The molecule has 0 aliphatic carbocycles. The lowest BCUT2D eigenvalue weighted by Gasteiger charge is -2.26. The molecule has 0 aromatic heterocycles. The Morgan fingerprint density at radius 2 is 1.33 bits per heavy atom. The van der Waals surface area contributed by atoms with Gasteiger partial charge in [0.05, 0.1) is 18.5 Å². The molecule has 6 atom stereocenters. The zero-order chi connectivity index (χ0) is 43.4. The fourth-order valence-electron chi connectivity index (χ4n) is 5.61. The Balaban J connectivity index is 1.99. The van der Waals surface area contributed by atoms with Gasteiger partial charge in [0.1, 0.15) is 24.2 Å². The number of amides is 7. The van der Waals surface area contributed by atoms with Crippen molar-refractivity contribution < 1.29 is 48.7 Å². The van der Waals surface area contributed by atoms with Crippen LogP contribution in [0.3, 0.4) is 0 Å². The third kappa shape index (κ3) is 17.0. The summed E-state index contributed by atoms with van der Waals surface area (Å²) in [4.78, 5) is 89.4. The Morgan fingerprint density at radius 3 is 1.88 bits per heavy atom. The molecule has 0 radical (unpaired) electrons. The molecule has 2 aromatic carbocycles. The highest BCUT2D eigenvalue weighted by atomic mass is 16.4. The van der Waals surface area contributed by atoms with E-state index in [1.54, 1.807) is 12.1 Å². The van der Waals surface area contributed by atoms with Gasteiger partial charge in [-0.1, -0.05) is 49.7 Å². The summed E-state index contributed by atoms with van der Waals surface area (Å²) < 4.78 is 0. The highest BCUT2D eigenvalue weighted by Gasteiger charge is 2.33. The summed E-state index contributed by atoms with van der Waals surface area (Å²) >= 11 is 0. The number of carbonyl (C=O) groups is 7. The van der Waals surface area contributed by atoms with Gasteiger partial charge in [0.15, 0.2) is 0 Å². The van der Waals surface area contributed by atoms with Gasteiger partial charge in [-0.05, 0) is 88.2 Å². The Labute approximate surface area is 339 Å². The van der Waals surface area contributed by atoms with Crippen LogP contribution in [-0.4, -0.2) is 113 Å². The molecule has 2 rings (SSSR count). The van der Waals surface area contributed by atoms with E-state index in [9.17, 15) is 48.7 Å². The first kappa shape index (κ1) is 48.8. The molecule has 58 heavy (non-hydrogen) atoms. The van der Waals surface area contributed by atoms with Crippen molar-refractivity contribution in [3.8, 4) is 11.1 Å². The first-order chi connectivity index (χ1) is 27.5. The molecule has 0 aliphatic heterocycles. The molecule has 0 saturated heterocycles. The minimum absolute atomic E-state index is 0.0359. The molecule has 7 amide bonds. The minimum atomic E-state index is -1.93. The third-order valence-corrected chi connectivity index (χ3v) is 9.16. The van der Waals surface area contributed by atoms with Crippen molar-refractivity contribution in [1.82, 2.24) is 31.9 Å². The lowest BCUT2D eigenvalue weighted by molar-refractivity contribution is -0.136. The summed E-state index contributed by atoms with van der Waals surface area (Å²) in [6.07, 6.45) is 2.09. The van der Waals surface area contributed by atoms with Gasteiger partial charge in [-0.2, -0.15) is 0 Å². The average Bonchev–Trinajstić information content (AvgIpc) is 3.18. The Bertz CT molecular complexity index is 1680. The maximum atomic E-state index is 13.4. The van der Waals surface area contributed by atoms with Crippen molar-refractivity contribution in [1.29, 1.82) is 0 Å². The summed E-state index contributed by atoms with van der Waals surface area (Å²) in [7, 11) is -1.93. The van der Waals surface area contributed by atoms with Gasteiger partial charge >= 0.3 is 7.12 Å². The maximum absolute atomic E-state index is 13.4. The van der Waals surface area contributed by atoms with Crippen molar-refractivity contribution in [2.45, 2.75) is 115 Å². The number of hydrogen-bond donors (Lipinski definition) is 11. The fourth-order valence-corrected chi connectivity index (χ4v) is 5.61. The molecule has 0 saturated carbocycles. The monoisotopic (exact) mass is 810 g/mol. The van der Waals surface area contributed by atoms with Crippen LogP contribution in [0.15, 0.2) is 48.5 Å². The molecule has 0 spiro atoms. The van der Waals surface area contributed by atoms with Gasteiger partial charge in [-0.15, -0.1) is 0 Å². The van der Waals surface area contributed by atoms with Crippen molar-refractivity contribution in [3.63, 3.8) is 0 Å². The molecule has 0 aliphatic rings. The first-order valence-corrected chi connectivity index (χ1v) is 19.5. The second kappa shape index (κ2) is 25.1. The van der Waals surface area contributed by atoms with E-state index in [4.69, 9.17) is 11.5 Å². The Hall–Kier alpha value is -5.37. The van der Waals surface area contributed by atoms with E-state index < -0.39 is 85.2 Å². The van der Waals surface area contributed by atoms with E-state index in [1.165, 1.54) is 26.3 Å². The second-order valence-electron chi connectivity index (χ2n) is 14.2. The minimum Gasteiger partial charge on any atom is -0.426 e. The highest BCUT2D eigenvalue weighted by molar-refractivity contribution is 6.43. The van der Waals surface area contributed by atoms with Crippen LogP contribution in [0.5, 0.6) is 0 Å². The number of nitrogens with two attached hydrogens (primary N) is 2. The number of unbranched alkanes of at least 4 members (excludes halogenated alkanes) is 2. The van der Waals surface area contributed by atoms with Gasteiger partial charge < -0.3 is 58.5 Å². The summed E-state index contributed by atoms with van der Waals surface area (Å²) in [6.45, 7) is 6.17. The van der Waals surface area contributed by atoms with Crippen molar-refractivity contribution in [2.24, 2.45) is 11.5 Å². The predicted octanol–water partition coefficient (Wildman–Crippen LogP) is -1.32. The van der Waals surface area contributed by atoms with Gasteiger partial charge in [0.25, 0.3) is 5.91 Å². The van der Waals surface area contributed by atoms with Crippen LogP contribution >= 0.6 is 0 Å². The van der Waals surface area contributed by atoms with Crippen LogP contribution in [-0.2, 0) is 35.2 Å². The summed E-state index contributed by atoms with van der Waals surface area (Å²) in [6, 6.07) is 9.77. The number of aryl methyl sites for hydroxylation is 1. The summed E-state index contributed by atoms with van der Waals surface area (Å²) in [5.41, 5.74) is 14.5. The quantitative estimate of drug-likeness (QED) is 0.0413. The van der Waals surface area contributed by atoms with Crippen LogP contribution in [0.25, 0.3) is 11.1 Å². The topological polar surface area (TPSA) is 304 Å². The molecule has 18 nitrogen and oxygen atoms in total. The van der Waals surface area contributed by atoms with E-state index in [0.717, 1.165) is 30.4 Å². The van der Waals surface area contributed by atoms with Crippen LogP contribution in [0.1, 0.15) is 88.6 Å². The maximum Gasteiger partial charge on any atom is 0.475 e. The lowest BCUT2D eigenvalue weighted by atomic mass is 9.81. The Kier molecular flexibility index (Phi) is 21.1. The van der Waals surface area contributed by atoms with Gasteiger partial charge in [-0.25, -0.2) is 0 Å². The number of aliphatic hydroxyl groups is 1.